The Morgan fingerprint density at radius 2 is 1.76 bits per heavy atom. The van der Waals surface area contributed by atoms with E-state index in [1.807, 2.05) is 0 Å². The summed E-state index contributed by atoms with van der Waals surface area (Å²) in [6, 6.07) is 3.04. The first-order valence-corrected chi connectivity index (χ1v) is 16.3. The summed E-state index contributed by atoms with van der Waals surface area (Å²) in [5, 5.41) is 87.3. The number of epoxide rings is 1. The molecule has 2 aliphatic heterocycles. The van der Waals surface area contributed by atoms with Crippen molar-refractivity contribution in [2.45, 2.75) is 120 Å². The standard InChI is InChI=1S/C33H48O16/c1-29(2,44)23-22(40)24(41)32(5)16(31(23,4)17(35)12-18(36)45-6)9-10-30(3,33(32)26(49-33)27(42)43)25(14-8-7-11-46-14)48-28-21(39)20(38)19(37)15(13-34)47-28/h7-8,11,15-17,19-21,23-26,28,34-35,37-39,41,44H,9-10,12-13H2,1-6H3,(H,42,43). The predicted octanol–water partition coefficient (Wildman–Crippen LogP) is -0.957. The van der Waals surface area contributed by atoms with Crippen molar-refractivity contribution in [1.29, 1.82) is 0 Å². The first-order valence-electron chi connectivity index (χ1n) is 16.3. The maximum atomic E-state index is 14.4. The van der Waals surface area contributed by atoms with Crippen LogP contribution >= 0.6 is 0 Å². The van der Waals surface area contributed by atoms with Gasteiger partial charge in [-0.1, -0.05) is 20.8 Å². The van der Waals surface area contributed by atoms with Crippen LogP contribution in [0.3, 0.4) is 0 Å². The third-order valence-electron chi connectivity index (χ3n) is 12.2. The number of aliphatic hydroxyl groups excluding tert-OH is 6. The van der Waals surface area contributed by atoms with Crippen molar-refractivity contribution in [2.24, 2.45) is 28.1 Å². The van der Waals surface area contributed by atoms with Gasteiger partial charge in [-0.2, -0.15) is 0 Å². The number of ketones is 1. The second-order valence-electron chi connectivity index (χ2n) is 15.1. The molecular weight excluding hydrogens is 652 g/mol. The van der Waals surface area contributed by atoms with Crippen LogP contribution in [-0.2, 0) is 33.3 Å². The molecule has 1 aromatic rings. The summed E-state index contributed by atoms with van der Waals surface area (Å²) in [4.78, 5) is 39.7. The van der Waals surface area contributed by atoms with Crippen LogP contribution in [0.4, 0.5) is 0 Å². The Morgan fingerprint density at radius 3 is 2.27 bits per heavy atom. The van der Waals surface area contributed by atoms with Gasteiger partial charge in [0.25, 0.3) is 0 Å². The van der Waals surface area contributed by atoms with Crippen LogP contribution in [-0.4, -0.2) is 133 Å². The fraction of sp³-hybridized carbons (Fsp3) is 0.788. The molecule has 1 spiro atoms. The van der Waals surface area contributed by atoms with E-state index in [9.17, 15) is 55.2 Å². The molecule has 0 radical (unpaired) electrons. The molecule has 3 heterocycles. The SMILES string of the molecule is COC(=O)CC(O)C1(C)C(C(C)(C)O)C(=O)C(O)C2(C)C1CCC(C)(C(OC1OC(CO)C(O)C(O)C1O)c1ccco1)C21OC1C(=O)O. The molecule has 0 amide bonds. The highest BCUT2D eigenvalue weighted by molar-refractivity contribution is 5.90. The number of carbonyl (C=O) groups is 3. The van der Waals surface area contributed by atoms with Gasteiger partial charge in [-0.3, -0.25) is 9.59 Å². The van der Waals surface area contributed by atoms with Gasteiger partial charge in [0.15, 0.2) is 18.2 Å². The number of carbonyl (C=O) groups excluding carboxylic acids is 2. The van der Waals surface area contributed by atoms with E-state index in [0.29, 0.717) is 0 Å². The normalized spacial score (nSPS) is 45.0. The Balaban J connectivity index is 1.70. The first kappa shape index (κ1) is 37.7. The van der Waals surface area contributed by atoms with Gasteiger partial charge in [0.2, 0.25) is 0 Å². The monoisotopic (exact) mass is 700 g/mol. The minimum absolute atomic E-state index is 0.0137. The molecule has 0 bridgehead atoms. The van der Waals surface area contributed by atoms with Crippen LogP contribution in [0.5, 0.6) is 0 Å². The highest BCUT2D eigenvalue weighted by atomic mass is 16.7. The number of ether oxygens (including phenoxy) is 4. The Bertz CT molecular complexity index is 1410. The number of Topliss-reactive ketones (excluding diaryl/α,β-unsaturated/α-hetero) is 1. The maximum Gasteiger partial charge on any atom is 0.335 e. The fourth-order valence-corrected chi connectivity index (χ4v) is 9.94. The Morgan fingerprint density at radius 1 is 1.10 bits per heavy atom. The van der Waals surface area contributed by atoms with E-state index in [2.05, 4.69) is 0 Å². The van der Waals surface area contributed by atoms with E-state index in [0.717, 1.165) is 7.11 Å². The average Bonchev–Trinajstić information content (AvgIpc) is 3.60. The number of furan rings is 1. The maximum absolute atomic E-state index is 14.4. The van der Waals surface area contributed by atoms with Gasteiger partial charge in [-0.15, -0.1) is 0 Å². The lowest BCUT2D eigenvalue weighted by Gasteiger charge is -2.67. The molecule has 5 rings (SSSR count). The highest BCUT2D eigenvalue weighted by Gasteiger charge is 2.87. The molecule has 16 nitrogen and oxygen atoms in total. The van der Waals surface area contributed by atoms with Gasteiger partial charge in [0.1, 0.15) is 48.0 Å². The second-order valence-corrected chi connectivity index (χ2v) is 15.1. The van der Waals surface area contributed by atoms with Gasteiger partial charge >= 0.3 is 11.9 Å². The average molecular weight is 701 g/mol. The van der Waals surface area contributed by atoms with Crippen molar-refractivity contribution in [3.8, 4) is 0 Å². The lowest BCUT2D eigenvalue weighted by Crippen LogP contribution is -2.76. The molecule has 2 saturated heterocycles. The molecule has 4 fully saturated rings. The summed E-state index contributed by atoms with van der Waals surface area (Å²) in [5.74, 6) is -5.42. The van der Waals surface area contributed by atoms with E-state index < -0.39 is 125 Å². The first-order chi connectivity index (χ1) is 22.7. The van der Waals surface area contributed by atoms with Crippen LogP contribution in [0.1, 0.15) is 65.7 Å². The minimum Gasteiger partial charge on any atom is -0.479 e. The Labute approximate surface area is 282 Å². The molecule has 16 heteroatoms. The van der Waals surface area contributed by atoms with Crippen LogP contribution in [0.15, 0.2) is 22.8 Å². The number of fused-ring (bicyclic) bond motifs is 2. The number of carboxylic acids is 1. The number of aliphatic hydroxyl groups is 7. The summed E-state index contributed by atoms with van der Waals surface area (Å²) in [6.07, 6.45) is -14.1. The van der Waals surface area contributed by atoms with E-state index in [4.69, 9.17) is 23.4 Å². The van der Waals surface area contributed by atoms with Crippen molar-refractivity contribution in [3.05, 3.63) is 24.2 Å². The fourth-order valence-electron chi connectivity index (χ4n) is 9.94. The van der Waals surface area contributed by atoms with E-state index in [-0.39, 0.29) is 18.6 Å². The van der Waals surface area contributed by atoms with Gasteiger partial charge in [-0.25, -0.2) is 4.79 Å². The number of hydrogen-bond donors (Lipinski definition) is 8. The number of aliphatic carboxylic acids is 1. The number of esters is 1. The molecule has 1 aromatic heterocycles. The van der Waals surface area contributed by atoms with Gasteiger partial charge in [0.05, 0.1) is 44.0 Å². The summed E-state index contributed by atoms with van der Waals surface area (Å²) < 4.78 is 28.7. The highest BCUT2D eigenvalue weighted by Crippen LogP contribution is 2.77. The second kappa shape index (κ2) is 12.6. The largest absolute Gasteiger partial charge is 0.479 e. The van der Waals surface area contributed by atoms with Crippen LogP contribution in [0.25, 0.3) is 0 Å². The number of carboxylic acid groups (broad SMARTS) is 1. The third kappa shape index (κ3) is 5.29. The lowest BCUT2D eigenvalue weighted by molar-refractivity contribution is -0.333. The van der Waals surface area contributed by atoms with Gasteiger partial charge < -0.3 is 64.2 Å². The zero-order valence-electron chi connectivity index (χ0n) is 28.3. The molecule has 276 valence electrons. The molecule has 15 atom stereocenters. The van der Waals surface area contributed by atoms with Crippen LogP contribution < -0.4 is 0 Å². The smallest absolute Gasteiger partial charge is 0.335 e. The van der Waals surface area contributed by atoms with Crippen LogP contribution in [0, 0.1) is 28.1 Å². The topological polar surface area (TPSA) is 266 Å². The molecule has 15 unspecified atom stereocenters. The van der Waals surface area contributed by atoms with Crippen molar-refractivity contribution in [2.75, 3.05) is 13.7 Å². The molecular formula is C33H48O16. The Kier molecular flexibility index (Phi) is 9.71. The van der Waals surface area contributed by atoms with Gasteiger partial charge in [0, 0.05) is 16.2 Å². The van der Waals surface area contributed by atoms with E-state index >= 15 is 0 Å². The van der Waals surface area contributed by atoms with Crippen LogP contribution in [0.2, 0.25) is 0 Å². The van der Waals surface area contributed by atoms with Crippen molar-refractivity contribution < 1.29 is 78.6 Å². The number of hydrogen-bond acceptors (Lipinski definition) is 15. The zero-order valence-corrected chi connectivity index (χ0v) is 28.3. The zero-order chi connectivity index (χ0) is 36.6. The quantitative estimate of drug-likeness (QED) is 0.108. The summed E-state index contributed by atoms with van der Waals surface area (Å²) >= 11 is 0. The van der Waals surface area contributed by atoms with E-state index in [1.165, 1.54) is 46.1 Å². The number of rotatable bonds is 10. The predicted molar refractivity (Wildman–Crippen MR) is 162 cm³/mol. The van der Waals surface area contributed by atoms with E-state index in [1.54, 1.807) is 6.92 Å². The Hall–Kier alpha value is -2.51. The van der Waals surface area contributed by atoms with Crippen molar-refractivity contribution in [1.82, 2.24) is 0 Å². The van der Waals surface area contributed by atoms with Crippen molar-refractivity contribution >= 4 is 17.7 Å². The molecule has 2 aliphatic carbocycles. The van der Waals surface area contributed by atoms with Gasteiger partial charge in [-0.05, 0) is 44.7 Å². The molecule has 4 aliphatic rings. The molecule has 49 heavy (non-hydrogen) atoms. The lowest BCUT2D eigenvalue weighted by atomic mass is 9.36. The molecule has 8 N–H and O–H groups in total. The number of methoxy groups -OCH3 is 1. The summed E-state index contributed by atoms with van der Waals surface area (Å²) in [7, 11) is 1.13. The van der Waals surface area contributed by atoms with Crippen molar-refractivity contribution in [3.63, 3.8) is 0 Å². The summed E-state index contributed by atoms with van der Waals surface area (Å²) in [6.45, 7) is 6.58. The molecule has 0 aromatic carbocycles. The minimum atomic E-state index is -1.97. The molecule has 2 saturated carbocycles. The summed E-state index contributed by atoms with van der Waals surface area (Å²) in [5.41, 5.74) is -8.82. The third-order valence-corrected chi connectivity index (χ3v) is 12.2.